The first-order valence-electron chi connectivity index (χ1n) is 9.41. The Morgan fingerprint density at radius 2 is 0.514 bits per heavy atom. The summed E-state index contributed by atoms with van der Waals surface area (Å²) in [6.07, 6.45) is -16.8. The van der Waals surface area contributed by atoms with Gasteiger partial charge in [-0.3, -0.25) is 0 Å². The molecule has 0 N–H and O–H groups in total. The molecule has 0 radical (unpaired) electrons. The topological polar surface area (TPSA) is 0 Å². The minimum atomic E-state index is -5.61. The minimum absolute atomic E-state index is 0.0997. The maximum Gasteiger partial charge on any atom is 0.422 e. The van der Waals surface area contributed by atoms with Gasteiger partial charge in [0.2, 0.25) is 6.71 Å². The summed E-state index contributed by atoms with van der Waals surface area (Å²) in [5.41, 5.74) is -10.6. The van der Waals surface area contributed by atoms with Crippen LogP contribution in [-0.4, -0.2) is 6.71 Å². The first-order chi connectivity index (χ1) is 16.7. The normalized spacial score (nSPS) is 12.7. The summed E-state index contributed by atoms with van der Waals surface area (Å²) in [5.74, 6) is -14.0. The van der Waals surface area contributed by atoms with E-state index in [0.717, 1.165) is 0 Å². The molecule has 0 aromatic heterocycles. The van der Waals surface area contributed by atoms with Crippen LogP contribution in [-0.2, 0) is 18.5 Å². The molecular weight excluding hydrogens is 548 g/mol. The molecule has 37 heavy (non-hydrogen) atoms. The maximum absolute atomic E-state index is 14.2. The molecule has 0 spiro atoms. The zero-order chi connectivity index (χ0) is 28.2. The van der Waals surface area contributed by atoms with E-state index in [2.05, 4.69) is 0 Å². The summed E-state index contributed by atoms with van der Waals surface area (Å²) in [7, 11) is 0. The predicted molar refractivity (Wildman–Crippen MR) is 98.7 cm³/mol. The molecule has 0 saturated carbocycles. The second kappa shape index (κ2) is 9.21. The lowest BCUT2D eigenvalue weighted by atomic mass is 9.36. The van der Waals surface area contributed by atoms with Crippen LogP contribution < -0.4 is 16.4 Å². The molecule has 3 aromatic rings. The molecule has 0 aliphatic carbocycles. The molecule has 0 amide bonds. The Balaban J connectivity index is 2.37. The first-order valence-corrected chi connectivity index (χ1v) is 9.41. The molecule has 3 rings (SSSR count). The highest BCUT2D eigenvalue weighted by Crippen LogP contribution is 2.35. The van der Waals surface area contributed by atoms with Crippen molar-refractivity contribution < 1.29 is 65.9 Å². The van der Waals surface area contributed by atoms with E-state index in [1.54, 1.807) is 0 Å². The SMILES string of the molecule is Fc1cc(B(c2cc(F)c(C(F)(F)F)c(F)c2)c2cc(F)c(C(F)(F)F)c(F)c2)cc(F)c1C(F)(F)F. The van der Waals surface area contributed by atoms with E-state index in [9.17, 15) is 65.9 Å². The molecule has 0 aliphatic rings. The molecule has 0 unspecified atom stereocenters. The van der Waals surface area contributed by atoms with Gasteiger partial charge in [0.05, 0.1) is 0 Å². The summed E-state index contributed by atoms with van der Waals surface area (Å²) in [6.45, 7) is -2.34. The minimum Gasteiger partial charge on any atom is -0.206 e. The van der Waals surface area contributed by atoms with E-state index in [1.165, 1.54) is 0 Å². The molecule has 0 nitrogen and oxygen atoms in total. The van der Waals surface area contributed by atoms with Gasteiger partial charge in [0.15, 0.2) is 0 Å². The largest absolute Gasteiger partial charge is 0.422 e. The van der Waals surface area contributed by atoms with Gasteiger partial charge in [-0.15, -0.1) is 0 Å². The van der Waals surface area contributed by atoms with E-state index in [4.69, 9.17) is 0 Å². The fourth-order valence-corrected chi connectivity index (χ4v) is 3.67. The monoisotopic (exact) mass is 554 g/mol. The third-order valence-electron chi connectivity index (χ3n) is 5.04. The van der Waals surface area contributed by atoms with E-state index >= 15 is 0 Å². The average Bonchev–Trinajstić information content (AvgIpc) is 2.62. The van der Waals surface area contributed by atoms with Crippen LogP contribution >= 0.6 is 0 Å². The second-order valence-electron chi connectivity index (χ2n) is 7.50. The van der Waals surface area contributed by atoms with Crippen molar-refractivity contribution in [1.82, 2.24) is 0 Å². The van der Waals surface area contributed by atoms with Crippen LogP contribution in [0.2, 0.25) is 0 Å². The van der Waals surface area contributed by atoms with Crippen molar-refractivity contribution in [3.63, 3.8) is 0 Å². The lowest BCUT2D eigenvalue weighted by molar-refractivity contribution is -0.143. The quantitative estimate of drug-likeness (QED) is 0.272. The van der Waals surface area contributed by atoms with Gasteiger partial charge in [-0.05, 0) is 36.4 Å². The number of benzene rings is 3. The van der Waals surface area contributed by atoms with Crippen molar-refractivity contribution in [3.8, 4) is 0 Å². The molecule has 0 saturated heterocycles. The van der Waals surface area contributed by atoms with Gasteiger partial charge >= 0.3 is 18.5 Å². The van der Waals surface area contributed by atoms with Gasteiger partial charge in [-0.1, -0.05) is 16.4 Å². The van der Waals surface area contributed by atoms with E-state index < -0.39 is 93.2 Å². The Kier molecular flexibility index (Phi) is 7.03. The summed E-state index contributed by atoms with van der Waals surface area (Å²) >= 11 is 0. The predicted octanol–water partition coefficient (Wildman–Crippen LogP) is 6.09. The van der Waals surface area contributed by atoms with Crippen molar-refractivity contribution in [1.29, 1.82) is 0 Å². The lowest BCUT2D eigenvalue weighted by Crippen LogP contribution is -2.53. The standard InChI is InChI=1S/C21H6BF15/c23-10-1-7(2-11(24)16(10)19(29,30)31)22(8-3-12(25)17(13(26)4-8)20(32,33)34)9-5-14(27)18(15(28)6-9)21(35,36)37/h1-6H. The van der Waals surface area contributed by atoms with Gasteiger partial charge in [0, 0.05) is 0 Å². The maximum atomic E-state index is 14.2. The summed E-state index contributed by atoms with van der Waals surface area (Å²) in [5, 5.41) is 0. The third-order valence-corrected chi connectivity index (χ3v) is 5.04. The Morgan fingerprint density at radius 1 is 0.351 bits per heavy atom. The Morgan fingerprint density at radius 3 is 0.649 bits per heavy atom. The highest BCUT2D eigenvalue weighted by atomic mass is 19.4. The molecule has 0 atom stereocenters. The highest BCUT2D eigenvalue weighted by molar-refractivity contribution is 6.95. The zero-order valence-corrected chi connectivity index (χ0v) is 17.2. The van der Waals surface area contributed by atoms with Gasteiger partial charge in [0.1, 0.15) is 51.6 Å². The molecular formula is C21H6BF15. The fourth-order valence-electron chi connectivity index (χ4n) is 3.67. The van der Waals surface area contributed by atoms with Gasteiger partial charge in [0.25, 0.3) is 0 Å². The second-order valence-corrected chi connectivity index (χ2v) is 7.50. The van der Waals surface area contributed by atoms with Crippen molar-refractivity contribution >= 4 is 23.1 Å². The van der Waals surface area contributed by atoms with Crippen molar-refractivity contribution in [3.05, 3.63) is 88.0 Å². The Labute approximate surface area is 196 Å². The molecule has 16 heteroatoms. The summed E-state index contributed by atoms with van der Waals surface area (Å²) in [6, 6.07) is -0.598. The Hall–Kier alpha value is -3.33. The number of rotatable bonds is 3. The van der Waals surface area contributed by atoms with Crippen molar-refractivity contribution in [2.75, 3.05) is 0 Å². The van der Waals surface area contributed by atoms with Crippen molar-refractivity contribution in [2.45, 2.75) is 18.5 Å². The van der Waals surface area contributed by atoms with E-state index in [1.807, 2.05) is 0 Å². The number of halogens is 15. The molecule has 0 heterocycles. The molecule has 0 fully saturated rings. The smallest absolute Gasteiger partial charge is 0.206 e. The van der Waals surface area contributed by atoms with Crippen LogP contribution in [0.5, 0.6) is 0 Å². The average molecular weight is 554 g/mol. The number of hydrogen-bond acceptors (Lipinski definition) is 0. The van der Waals surface area contributed by atoms with E-state index in [0.29, 0.717) is 0 Å². The van der Waals surface area contributed by atoms with E-state index in [-0.39, 0.29) is 36.4 Å². The van der Waals surface area contributed by atoms with Crippen LogP contribution in [0.1, 0.15) is 16.7 Å². The van der Waals surface area contributed by atoms with Crippen LogP contribution in [0, 0.1) is 34.9 Å². The first kappa shape index (κ1) is 28.2. The summed E-state index contributed by atoms with van der Waals surface area (Å²) < 4.78 is 202. The molecule has 198 valence electrons. The third kappa shape index (κ3) is 5.51. The molecule has 0 bridgehead atoms. The van der Waals surface area contributed by atoms with Crippen molar-refractivity contribution in [2.24, 2.45) is 0 Å². The summed E-state index contributed by atoms with van der Waals surface area (Å²) in [4.78, 5) is 0. The van der Waals surface area contributed by atoms with Crippen LogP contribution in [0.25, 0.3) is 0 Å². The zero-order valence-electron chi connectivity index (χ0n) is 17.2. The van der Waals surface area contributed by atoms with Gasteiger partial charge in [-0.25, -0.2) is 26.3 Å². The van der Waals surface area contributed by atoms with Crippen LogP contribution in [0.15, 0.2) is 36.4 Å². The molecule has 0 aliphatic heterocycles. The van der Waals surface area contributed by atoms with Gasteiger partial charge < -0.3 is 0 Å². The van der Waals surface area contributed by atoms with Crippen LogP contribution in [0.4, 0.5) is 65.9 Å². The number of hydrogen-bond donors (Lipinski definition) is 0. The van der Waals surface area contributed by atoms with Gasteiger partial charge in [-0.2, -0.15) is 39.5 Å². The van der Waals surface area contributed by atoms with Crippen LogP contribution in [0.3, 0.4) is 0 Å². The molecule has 3 aromatic carbocycles. The lowest BCUT2D eigenvalue weighted by Gasteiger charge is -2.20. The Bertz CT molecular complexity index is 1120. The number of alkyl halides is 9. The highest BCUT2D eigenvalue weighted by Gasteiger charge is 2.42. The fraction of sp³-hybridized carbons (Fsp3) is 0.143.